The second-order valence-corrected chi connectivity index (χ2v) is 4.00. The number of hydrogen-bond donors (Lipinski definition) is 1. The number of nitrogens with two attached hydrogens (primary N) is 1. The summed E-state index contributed by atoms with van der Waals surface area (Å²) in [5.41, 5.74) is 8.56. The summed E-state index contributed by atoms with van der Waals surface area (Å²) < 4.78 is 5.22. The predicted octanol–water partition coefficient (Wildman–Crippen LogP) is 1.68. The molecule has 1 aliphatic heterocycles. The van der Waals surface area contributed by atoms with Gasteiger partial charge in [0.15, 0.2) is 0 Å². The van der Waals surface area contributed by atoms with Crippen LogP contribution in [0.1, 0.15) is 17.0 Å². The monoisotopic (exact) mass is 191 g/mol. The van der Waals surface area contributed by atoms with Crippen molar-refractivity contribution in [1.29, 1.82) is 0 Å². The van der Waals surface area contributed by atoms with Gasteiger partial charge >= 0.3 is 0 Å². The molecule has 2 rings (SSSR count). The SMILES string of the molecule is Cc1ccccc1C(CN)C1COC1. The van der Waals surface area contributed by atoms with Crippen molar-refractivity contribution in [2.75, 3.05) is 19.8 Å². The fourth-order valence-electron chi connectivity index (χ4n) is 2.06. The molecule has 0 amide bonds. The van der Waals surface area contributed by atoms with E-state index in [0.717, 1.165) is 19.8 Å². The van der Waals surface area contributed by atoms with Crippen LogP contribution in [0.4, 0.5) is 0 Å². The molecule has 1 aromatic carbocycles. The van der Waals surface area contributed by atoms with Gasteiger partial charge in [0.05, 0.1) is 13.2 Å². The van der Waals surface area contributed by atoms with Crippen LogP contribution in [-0.2, 0) is 4.74 Å². The summed E-state index contributed by atoms with van der Waals surface area (Å²) >= 11 is 0. The fraction of sp³-hybridized carbons (Fsp3) is 0.500. The first kappa shape index (κ1) is 9.69. The average molecular weight is 191 g/mol. The molecule has 0 saturated carbocycles. The summed E-state index contributed by atoms with van der Waals surface area (Å²) in [4.78, 5) is 0. The van der Waals surface area contributed by atoms with Gasteiger partial charge in [-0.3, -0.25) is 0 Å². The van der Waals surface area contributed by atoms with Gasteiger partial charge in [0.25, 0.3) is 0 Å². The highest BCUT2D eigenvalue weighted by Crippen LogP contribution is 2.30. The Morgan fingerprint density at radius 1 is 1.43 bits per heavy atom. The normalized spacial score (nSPS) is 19.0. The summed E-state index contributed by atoms with van der Waals surface area (Å²) in [7, 11) is 0. The maximum Gasteiger partial charge on any atom is 0.0522 e. The molecule has 1 saturated heterocycles. The molecule has 2 heteroatoms. The quantitative estimate of drug-likeness (QED) is 0.789. The molecule has 0 bridgehead atoms. The van der Waals surface area contributed by atoms with Gasteiger partial charge in [0.1, 0.15) is 0 Å². The minimum absolute atomic E-state index is 0.477. The van der Waals surface area contributed by atoms with Crippen molar-refractivity contribution < 1.29 is 4.74 Å². The van der Waals surface area contributed by atoms with Gasteiger partial charge in [-0.1, -0.05) is 24.3 Å². The lowest BCUT2D eigenvalue weighted by Gasteiger charge is -2.34. The van der Waals surface area contributed by atoms with Gasteiger partial charge in [-0.2, -0.15) is 0 Å². The highest BCUT2D eigenvalue weighted by molar-refractivity contribution is 5.30. The third-order valence-electron chi connectivity index (χ3n) is 3.07. The standard InChI is InChI=1S/C12H17NO/c1-9-4-2-3-5-11(9)12(6-13)10-7-14-8-10/h2-5,10,12H,6-8,13H2,1H3. The molecule has 76 valence electrons. The van der Waals surface area contributed by atoms with Gasteiger partial charge in [0.2, 0.25) is 0 Å². The Bertz CT molecular complexity index is 307. The lowest BCUT2D eigenvalue weighted by atomic mass is 9.83. The molecular formula is C12H17NO. The molecular weight excluding hydrogens is 174 g/mol. The van der Waals surface area contributed by atoms with Crippen molar-refractivity contribution in [3.8, 4) is 0 Å². The molecule has 0 spiro atoms. The van der Waals surface area contributed by atoms with Gasteiger partial charge in [-0.15, -0.1) is 0 Å². The second kappa shape index (κ2) is 4.11. The van der Waals surface area contributed by atoms with E-state index in [1.165, 1.54) is 11.1 Å². The van der Waals surface area contributed by atoms with Crippen LogP contribution in [0.5, 0.6) is 0 Å². The zero-order valence-electron chi connectivity index (χ0n) is 8.57. The van der Waals surface area contributed by atoms with E-state index >= 15 is 0 Å². The highest BCUT2D eigenvalue weighted by Gasteiger charge is 2.29. The van der Waals surface area contributed by atoms with Gasteiger partial charge in [0, 0.05) is 11.8 Å². The minimum Gasteiger partial charge on any atom is -0.381 e. The molecule has 0 aliphatic carbocycles. The zero-order valence-corrected chi connectivity index (χ0v) is 8.57. The van der Waals surface area contributed by atoms with E-state index in [9.17, 15) is 0 Å². The molecule has 1 aromatic rings. The smallest absolute Gasteiger partial charge is 0.0522 e. The van der Waals surface area contributed by atoms with Crippen molar-refractivity contribution in [3.05, 3.63) is 35.4 Å². The number of benzene rings is 1. The van der Waals surface area contributed by atoms with E-state index in [4.69, 9.17) is 10.5 Å². The summed E-state index contributed by atoms with van der Waals surface area (Å²) in [6.45, 7) is 4.61. The lowest BCUT2D eigenvalue weighted by molar-refractivity contribution is -0.0437. The number of aryl methyl sites for hydroxylation is 1. The molecule has 14 heavy (non-hydrogen) atoms. The lowest BCUT2D eigenvalue weighted by Crippen LogP contribution is -2.36. The van der Waals surface area contributed by atoms with Crippen molar-refractivity contribution in [1.82, 2.24) is 0 Å². The number of rotatable bonds is 3. The average Bonchev–Trinajstić information content (AvgIpc) is 2.12. The molecule has 1 unspecified atom stereocenters. The van der Waals surface area contributed by atoms with Gasteiger partial charge in [-0.05, 0) is 24.6 Å². The van der Waals surface area contributed by atoms with E-state index in [1.807, 2.05) is 0 Å². The van der Waals surface area contributed by atoms with E-state index in [0.29, 0.717) is 11.8 Å². The molecule has 1 aliphatic rings. The fourth-order valence-corrected chi connectivity index (χ4v) is 2.06. The molecule has 1 fully saturated rings. The molecule has 1 heterocycles. The highest BCUT2D eigenvalue weighted by atomic mass is 16.5. The first-order valence-corrected chi connectivity index (χ1v) is 5.16. The van der Waals surface area contributed by atoms with E-state index in [2.05, 4.69) is 31.2 Å². The van der Waals surface area contributed by atoms with E-state index in [-0.39, 0.29) is 0 Å². The summed E-state index contributed by atoms with van der Waals surface area (Å²) in [5, 5.41) is 0. The Hall–Kier alpha value is -0.860. The van der Waals surface area contributed by atoms with Crippen molar-refractivity contribution in [2.45, 2.75) is 12.8 Å². The van der Waals surface area contributed by atoms with E-state index in [1.54, 1.807) is 0 Å². The van der Waals surface area contributed by atoms with Gasteiger partial charge in [-0.25, -0.2) is 0 Å². The molecule has 1 atom stereocenters. The first-order chi connectivity index (χ1) is 6.83. The third kappa shape index (κ3) is 1.68. The van der Waals surface area contributed by atoms with Crippen LogP contribution in [0.3, 0.4) is 0 Å². The zero-order chi connectivity index (χ0) is 9.97. The minimum atomic E-state index is 0.477. The van der Waals surface area contributed by atoms with Crippen LogP contribution >= 0.6 is 0 Å². The van der Waals surface area contributed by atoms with Crippen molar-refractivity contribution in [2.24, 2.45) is 11.7 Å². The summed E-state index contributed by atoms with van der Waals surface area (Å²) in [6.07, 6.45) is 0. The topological polar surface area (TPSA) is 35.2 Å². The Morgan fingerprint density at radius 3 is 2.64 bits per heavy atom. The molecule has 2 N–H and O–H groups in total. The maximum absolute atomic E-state index is 5.83. The van der Waals surface area contributed by atoms with Crippen LogP contribution in [0.15, 0.2) is 24.3 Å². The van der Waals surface area contributed by atoms with Gasteiger partial charge < -0.3 is 10.5 Å². The summed E-state index contributed by atoms with van der Waals surface area (Å²) in [5.74, 6) is 1.10. The third-order valence-corrected chi connectivity index (χ3v) is 3.07. The Labute approximate surface area is 85.1 Å². The second-order valence-electron chi connectivity index (χ2n) is 4.00. The van der Waals surface area contributed by atoms with Crippen LogP contribution in [0, 0.1) is 12.8 Å². The summed E-state index contributed by atoms with van der Waals surface area (Å²) in [6, 6.07) is 8.50. The Balaban J connectivity index is 2.22. The number of hydrogen-bond acceptors (Lipinski definition) is 2. The van der Waals surface area contributed by atoms with Crippen LogP contribution in [0.2, 0.25) is 0 Å². The largest absolute Gasteiger partial charge is 0.381 e. The van der Waals surface area contributed by atoms with Crippen LogP contribution in [0.25, 0.3) is 0 Å². The molecule has 2 nitrogen and oxygen atoms in total. The molecule has 0 aromatic heterocycles. The van der Waals surface area contributed by atoms with Crippen molar-refractivity contribution >= 4 is 0 Å². The van der Waals surface area contributed by atoms with Crippen LogP contribution in [-0.4, -0.2) is 19.8 Å². The maximum atomic E-state index is 5.83. The first-order valence-electron chi connectivity index (χ1n) is 5.16. The van der Waals surface area contributed by atoms with Crippen molar-refractivity contribution in [3.63, 3.8) is 0 Å². The number of ether oxygens (including phenoxy) is 1. The Morgan fingerprint density at radius 2 is 2.14 bits per heavy atom. The van der Waals surface area contributed by atoms with E-state index < -0.39 is 0 Å². The van der Waals surface area contributed by atoms with Crippen LogP contribution < -0.4 is 5.73 Å². The molecule has 0 radical (unpaired) electrons. The Kier molecular flexibility index (Phi) is 2.85. The predicted molar refractivity (Wildman–Crippen MR) is 57.3 cm³/mol.